The van der Waals surface area contributed by atoms with Gasteiger partial charge < -0.3 is 10.6 Å². The fourth-order valence-electron chi connectivity index (χ4n) is 3.34. The molecule has 1 unspecified atom stereocenters. The van der Waals surface area contributed by atoms with Crippen molar-refractivity contribution in [2.24, 2.45) is 0 Å². The first-order valence-electron chi connectivity index (χ1n) is 8.13. The first-order valence-corrected chi connectivity index (χ1v) is 8.13. The van der Waals surface area contributed by atoms with Gasteiger partial charge in [-0.1, -0.05) is 6.07 Å². The third-order valence-electron chi connectivity index (χ3n) is 4.64. The summed E-state index contributed by atoms with van der Waals surface area (Å²) in [6.07, 6.45) is 0. The standard InChI is InChI=1S/C20H20F2N2O/c1-10-7-13(5-6-17(10)22)16-9-14(21)8-15-11(2)19(20(25)23-4)24-12(3)18(15)16/h5-9,12,24H,1-4H3,(H,23,25). The maximum atomic E-state index is 14.3. The lowest BCUT2D eigenvalue weighted by Gasteiger charge is -2.30. The van der Waals surface area contributed by atoms with E-state index < -0.39 is 0 Å². The van der Waals surface area contributed by atoms with E-state index in [1.165, 1.54) is 18.2 Å². The Morgan fingerprint density at radius 3 is 2.44 bits per heavy atom. The normalized spacial score (nSPS) is 16.3. The van der Waals surface area contributed by atoms with Gasteiger partial charge in [0.1, 0.15) is 17.3 Å². The van der Waals surface area contributed by atoms with E-state index in [-0.39, 0.29) is 23.6 Å². The lowest BCUT2D eigenvalue weighted by Crippen LogP contribution is -2.34. The minimum absolute atomic E-state index is 0.188. The van der Waals surface area contributed by atoms with Gasteiger partial charge in [-0.25, -0.2) is 8.78 Å². The quantitative estimate of drug-likeness (QED) is 0.863. The molecule has 0 aliphatic carbocycles. The van der Waals surface area contributed by atoms with Crippen molar-refractivity contribution in [2.75, 3.05) is 7.05 Å². The number of nitrogens with one attached hydrogen (secondary N) is 2. The van der Waals surface area contributed by atoms with E-state index in [1.807, 2.05) is 6.92 Å². The topological polar surface area (TPSA) is 41.1 Å². The van der Waals surface area contributed by atoms with Crippen LogP contribution in [0.1, 0.15) is 36.6 Å². The molecule has 130 valence electrons. The number of aryl methyl sites for hydroxylation is 1. The zero-order valence-electron chi connectivity index (χ0n) is 14.6. The summed E-state index contributed by atoms with van der Waals surface area (Å²) >= 11 is 0. The van der Waals surface area contributed by atoms with Crippen LogP contribution in [0.3, 0.4) is 0 Å². The van der Waals surface area contributed by atoms with Crippen LogP contribution in [0.2, 0.25) is 0 Å². The van der Waals surface area contributed by atoms with E-state index in [4.69, 9.17) is 0 Å². The van der Waals surface area contributed by atoms with Gasteiger partial charge in [0.05, 0.1) is 0 Å². The van der Waals surface area contributed by atoms with Crippen molar-refractivity contribution in [3.63, 3.8) is 0 Å². The molecule has 3 rings (SSSR count). The highest BCUT2D eigenvalue weighted by Gasteiger charge is 2.28. The predicted molar refractivity (Wildman–Crippen MR) is 94.7 cm³/mol. The number of likely N-dealkylation sites (N-methyl/N-ethyl adjacent to an activating group) is 1. The predicted octanol–water partition coefficient (Wildman–Crippen LogP) is 4.08. The van der Waals surface area contributed by atoms with Crippen molar-refractivity contribution >= 4 is 11.5 Å². The molecular weight excluding hydrogens is 322 g/mol. The Balaban J connectivity index is 2.27. The molecule has 0 radical (unpaired) electrons. The highest BCUT2D eigenvalue weighted by atomic mass is 19.1. The van der Waals surface area contributed by atoms with Crippen LogP contribution in [0.25, 0.3) is 16.7 Å². The monoisotopic (exact) mass is 342 g/mol. The zero-order chi connectivity index (χ0) is 18.3. The summed E-state index contributed by atoms with van der Waals surface area (Å²) in [7, 11) is 1.56. The van der Waals surface area contributed by atoms with Gasteiger partial charge >= 0.3 is 0 Å². The number of hydrogen-bond donors (Lipinski definition) is 2. The van der Waals surface area contributed by atoms with E-state index in [0.717, 1.165) is 11.1 Å². The van der Waals surface area contributed by atoms with Gasteiger partial charge in [-0.05, 0) is 78.4 Å². The molecule has 1 atom stereocenters. The molecule has 0 bridgehead atoms. The first kappa shape index (κ1) is 17.1. The molecule has 2 N–H and O–H groups in total. The van der Waals surface area contributed by atoms with Gasteiger partial charge in [0.25, 0.3) is 5.91 Å². The van der Waals surface area contributed by atoms with Crippen LogP contribution in [-0.2, 0) is 4.79 Å². The molecule has 0 aromatic heterocycles. The maximum absolute atomic E-state index is 14.3. The second-order valence-electron chi connectivity index (χ2n) is 6.32. The average Bonchev–Trinajstić information content (AvgIpc) is 2.59. The van der Waals surface area contributed by atoms with Crippen LogP contribution < -0.4 is 10.6 Å². The summed E-state index contributed by atoms with van der Waals surface area (Å²) in [6.45, 7) is 5.40. The summed E-state index contributed by atoms with van der Waals surface area (Å²) in [4.78, 5) is 12.1. The minimum Gasteiger partial charge on any atom is -0.374 e. The number of allylic oxidation sites excluding steroid dienone is 1. The molecule has 3 nitrogen and oxygen atoms in total. The summed E-state index contributed by atoms with van der Waals surface area (Å²) in [5.74, 6) is -0.919. The van der Waals surface area contributed by atoms with E-state index in [0.29, 0.717) is 28.0 Å². The summed E-state index contributed by atoms with van der Waals surface area (Å²) in [5, 5.41) is 5.80. The van der Waals surface area contributed by atoms with E-state index >= 15 is 0 Å². The van der Waals surface area contributed by atoms with E-state index in [9.17, 15) is 13.6 Å². The lowest BCUT2D eigenvalue weighted by molar-refractivity contribution is -0.117. The van der Waals surface area contributed by atoms with Crippen molar-refractivity contribution in [3.8, 4) is 11.1 Å². The van der Waals surface area contributed by atoms with Crippen LogP contribution in [0.15, 0.2) is 36.0 Å². The fourth-order valence-corrected chi connectivity index (χ4v) is 3.34. The first-order chi connectivity index (χ1) is 11.8. The van der Waals surface area contributed by atoms with Crippen LogP contribution >= 0.6 is 0 Å². The molecule has 0 saturated carbocycles. The Labute approximate surface area is 145 Å². The Kier molecular flexibility index (Phi) is 4.33. The number of halogens is 2. The van der Waals surface area contributed by atoms with E-state index in [1.54, 1.807) is 33.0 Å². The SMILES string of the molecule is CNC(=O)C1=C(C)c2cc(F)cc(-c3ccc(F)c(C)c3)c2C(C)N1. The maximum Gasteiger partial charge on any atom is 0.267 e. The summed E-state index contributed by atoms with van der Waals surface area (Å²) < 4.78 is 27.9. The largest absolute Gasteiger partial charge is 0.374 e. The molecule has 1 aliphatic heterocycles. The van der Waals surface area contributed by atoms with Crippen molar-refractivity contribution in [1.29, 1.82) is 0 Å². The van der Waals surface area contributed by atoms with Gasteiger partial charge in [0, 0.05) is 13.1 Å². The van der Waals surface area contributed by atoms with Gasteiger partial charge in [-0.15, -0.1) is 0 Å². The molecule has 0 fully saturated rings. The van der Waals surface area contributed by atoms with Crippen molar-refractivity contribution < 1.29 is 13.6 Å². The highest BCUT2D eigenvalue weighted by Crippen LogP contribution is 2.39. The number of carbonyl (C=O) groups is 1. The van der Waals surface area contributed by atoms with Gasteiger partial charge in [-0.3, -0.25) is 4.79 Å². The van der Waals surface area contributed by atoms with Gasteiger partial charge in [0.2, 0.25) is 0 Å². The number of rotatable bonds is 2. The molecule has 2 aromatic rings. The van der Waals surface area contributed by atoms with Gasteiger partial charge in [0.15, 0.2) is 0 Å². The molecule has 25 heavy (non-hydrogen) atoms. The zero-order valence-corrected chi connectivity index (χ0v) is 14.6. The van der Waals surface area contributed by atoms with Gasteiger partial charge in [-0.2, -0.15) is 0 Å². The average molecular weight is 342 g/mol. The summed E-state index contributed by atoms with van der Waals surface area (Å²) in [6, 6.07) is 7.47. The van der Waals surface area contributed by atoms with Crippen molar-refractivity contribution in [1.82, 2.24) is 10.6 Å². The van der Waals surface area contributed by atoms with Crippen molar-refractivity contribution in [2.45, 2.75) is 26.8 Å². The van der Waals surface area contributed by atoms with Crippen LogP contribution in [0, 0.1) is 18.6 Å². The molecular formula is C20H20F2N2O. The fraction of sp³-hybridized carbons (Fsp3) is 0.250. The molecule has 5 heteroatoms. The Morgan fingerprint density at radius 1 is 1.12 bits per heavy atom. The number of amides is 1. The molecule has 1 heterocycles. The minimum atomic E-state index is -0.388. The third kappa shape index (κ3) is 2.90. The van der Waals surface area contributed by atoms with Crippen LogP contribution in [0.5, 0.6) is 0 Å². The van der Waals surface area contributed by atoms with Crippen molar-refractivity contribution in [3.05, 3.63) is 64.4 Å². The number of carbonyl (C=O) groups excluding carboxylic acids is 1. The molecule has 1 amide bonds. The third-order valence-corrected chi connectivity index (χ3v) is 4.64. The smallest absolute Gasteiger partial charge is 0.267 e. The summed E-state index contributed by atoms with van der Waals surface area (Å²) in [5.41, 5.74) is 4.68. The van der Waals surface area contributed by atoms with Crippen LogP contribution in [0.4, 0.5) is 8.78 Å². The van der Waals surface area contributed by atoms with Crippen LogP contribution in [-0.4, -0.2) is 13.0 Å². The Hall–Kier alpha value is -2.69. The molecule has 2 aromatic carbocycles. The second kappa shape index (κ2) is 6.31. The van der Waals surface area contributed by atoms with E-state index in [2.05, 4.69) is 10.6 Å². The Morgan fingerprint density at radius 2 is 1.80 bits per heavy atom. The molecule has 0 spiro atoms. The number of hydrogen-bond acceptors (Lipinski definition) is 2. The number of benzene rings is 2. The highest BCUT2D eigenvalue weighted by molar-refractivity contribution is 6.02. The molecule has 0 saturated heterocycles. The number of fused-ring (bicyclic) bond motifs is 1. The second-order valence-corrected chi connectivity index (χ2v) is 6.32. The Bertz CT molecular complexity index is 903. The lowest BCUT2D eigenvalue weighted by atomic mass is 9.84. The molecule has 1 aliphatic rings.